The summed E-state index contributed by atoms with van der Waals surface area (Å²) in [5.41, 5.74) is 0. The Morgan fingerprint density at radius 1 is 0.824 bits per heavy atom. The Morgan fingerprint density at radius 2 is 1.06 bits per heavy atom. The van der Waals surface area contributed by atoms with Crippen molar-refractivity contribution in [3.05, 3.63) is 18.1 Å². The minimum absolute atomic E-state index is 0. The second-order valence-corrected chi connectivity index (χ2v) is 3.13. The number of alkyl halides is 6. The van der Waals surface area contributed by atoms with Crippen LogP contribution in [0, 0.1) is 7.43 Å². The number of nitrogens with zero attached hydrogens (tertiary/aromatic N) is 2. The van der Waals surface area contributed by atoms with E-state index in [9.17, 15) is 26.3 Å². The third-order valence-electron chi connectivity index (χ3n) is 1.42. The van der Waals surface area contributed by atoms with Gasteiger partial charge in [0.25, 0.3) is 0 Å². The Hall–Kier alpha value is 0.123. The average molecular weight is 317 g/mol. The van der Waals surface area contributed by atoms with Crippen molar-refractivity contribution in [2.24, 2.45) is 0 Å². The number of halogens is 6. The molecule has 102 valence electrons. The van der Waals surface area contributed by atoms with E-state index in [0.29, 0.717) is 0 Å². The fourth-order valence-corrected chi connectivity index (χ4v) is 1.10. The first-order chi connectivity index (χ1) is 6.49. The molecule has 0 spiro atoms. The SMILES string of the molecule is CC(CC(C)[N-]C(F)(F)F)[N-]C(F)(F)F.[CH3-].[Zn]. The van der Waals surface area contributed by atoms with Crippen molar-refractivity contribution in [2.45, 2.75) is 45.0 Å². The molecule has 0 N–H and O–H groups in total. The summed E-state index contributed by atoms with van der Waals surface area (Å²) in [4.78, 5) is 0. The van der Waals surface area contributed by atoms with Crippen LogP contribution in [0.15, 0.2) is 0 Å². The number of hydrogen-bond donors (Lipinski definition) is 0. The van der Waals surface area contributed by atoms with Gasteiger partial charge >= 0.3 is 12.6 Å². The van der Waals surface area contributed by atoms with Crippen LogP contribution in [-0.2, 0) is 19.5 Å². The molecule has 9 heteroatoms. The zero-order chi connectivity index (χ0) is 12.3. The zero-order valence-electron chi connectivity index (χ0n) is 9.73. The van der Waals surface area contributed by atoms with Gasteiger partial charge in [0, 0.05) is 19.5 Å². The molecule has 0 aliphatic carbocycles. The van der Waals surface area contributed by atoms with E-state index in [-0.39, 0.29) is 33.3 Å². The fourth-order valence-electron chi connectivity index (χ4n) is 1.10. The van der Waals surface area contributed by atoms with Crippen LogP contribution in [-0.4, -0.2) is 24.7 Å². The van der Waals surface area contributed by atoms with Gasteiger partial charge in [0.1, 0.15) is 0 Å². The fraction of sp³-hybridized carbons (Fsp3) is 0.875. The average Bonchev–Trinajstić information content (AvgIpc) is 1.73. The Labute approximate surface area is 109 Å². The van der Waals surface area contributed by atoms with Crippen molar-refractivity contribution < 1.29 is 45.8 Å². The van der Waals surface area contributed by atoms with E-state index >= 15 is 0 Å². The van der Waals surface area contributed by atoms with E-state index in [1.807, 2.05) is 0 Å². The molecule has 0 aliphatic rings. The predicted octanol–water partition coefficient (Wildman–Crippen LogP) is 4.39. The third kappa shape index (κ3) is 16.1. The first kappa shape index (κ1) is 22.3. The first-order valence-electron chi connectivity index (χ1n) is 4.07. The molecule has 0 saturated carbocycles. The van der Waals surface area contributed by atoms with Crippen LogP contribution in [0.4, 0.5) is 26.3 Å². The molecule has 0 aromatic heterocycles. The largest absolute Gasteiger partial charge is 0.568 e. The maximum absolute atomic E-state index is 11.7. The van der Waals surface area contributed by atoms with Gasteiger partial charge in [-0.1, -0.05) is 20.3 Å². The van der Waals surface area contributed by atoms with E-state index in [0.717, 1.165) is 13.8 Å². The Bertz CT molecular complexity index is 173. The summed E-state index contributed by atoms with van der Waals surface area (Å²) in [6.07, 6.45) is -9.81. The van der Waals surface area contributed by atoms with Gasteiger partial charge in [-0.2, -0.15) is 26.3 Å². The first-order valence-corrected chi connectivity index (χ1v) is 4.07. The van der Waals surface area contributed by atoms with Crippen LogP contribution in [0.3, 0.4) is 0 Å². The van der Waals surface area contributed by atoms with Gasteiger partial charge in [-0.05, 0) is 0 Å². The van der Waals surface area contributed by atoms with Crippen LogP contribution in [0.1, 0.15) is 20.3 Å². The molecule has 0 aliphatic heterocycles. The van der Waals surface area contributed by atoms with Crippen LogP contribution in [0.25, 0.3) is 10.6 Å². The molecule has 0 rings (SSSR count). The van der Waals surface area contributed by atoms with Crippen LogP contribution < -0.4 is 0 Å². The molecule has 0 heterocycles. The Morgan fingerprint density at radius 3 is 1.24 bits per heavy atom. The smallest absolute Gasteiger partial charge is 0.312 e. The van der Waals surface area contributed by atoms with Crippen molar-refractivity contribution >= 4 is 0 Å². The molecule has 0 bridgehead atoms. The summed E-state index contributed by atoms with van der Waals surface area (Å²) in [6, 6.07) is -2.46. The van der Waals surface area contributed by atoms with Crippen molar-refractivity contribution in [1.29, 1.82) is 0 Å². The molecular weight excluding hydrogens is 303 g/mol. The second kappa shape index (κ2) is 8.26. The minimum Gasteiger partial charge on any atom is -0.568 e. The quantitative estimate of drug-likeness (QED) is 0.318. The number of rotatable bonds is 4. The topological polar surface area (TPSA) is 28.2 Å². The third-order valence-corrected chi connectivity index (χ3v) is 1.42. The Balaban J connectivity index is -0.000000980. The van der Waals surface area contributed by atoms with Crippen LogP contribution >= 0.6 is 0 Å². The van der Waals surface area contributed by atoms with Gasteiger partial charge in [-0.25, -0.2) is 0 Å². The molecule has 0 amide bonds. The Kier molecular flexibility index (Phi) is 10.8. The molecule has 0 radical (unpaired) electrons. The van der Waals surface area contributed by atoms with Gasteiger partial charge in [0.05, 0.1) is 0 Å². The molecule has 0 aromatic rings. The normalized spacial score (nSPS) is 15.5. The molecule has 0 saturated heterocycles. The maximum Gasteiger partial charge on any atom is 0.312 e. The standard InChI is InChI=1S/C7H10F6N2.CH3.Zn/c1-4(14-6(8,9)10)3-5(2)15-7(11,12)13;;/h4-5H,3H2,1-2H3;1H3;/q-2;-1;. The summed E-state index contributed by atoms with van der Waals surface area (Å²) in [5, 5.41) is 4.70. The van der Waals surface area contributed by atoms with Gasteiger partial charge < -0.3 is 18.1 Å². The van der Waals surface area contributed by atoms with E-state index in [1.165, 1.54) is 0 Å². The second-order valence-electron chi connectivity index (χ2n) is 3.13. The van der Waals surface area contributed by atoms with E-state index in [2.05, 4.69) is 10.6 Å². The summed E-state index contributed by atoms with van der Waals surface area (Å²) in [7, 11) is 0. The summed E-state index contributed by atoms with van der Waals surface area (Å²) >= 11 is 0. The van der Waals surface area contributed by atoms with Gasteiger partial charge in [-0.15, -0.1) is 12.1 Å². The summed E-state index contributed by atoms with van der Waals surface area (Å²) < 4.78 is 70.0. The maximum atomic E-state index is 11.7. The van der Waals surface area contributed by atoms with E-state index < -0.39 is 24.7 Å². The molecule has 2 nitrogen and oxygen atoms in total. The van der Waals surface area contributed by atoms with E-state index in [1.54, 1.807) is 0 Å². The molecule has 2 atom stereocenters. The zero-order valence-corrected chi connectivity index (χ0v) is 12.7. The van der Waals surface area contributed by atoms with Gasteiger partial charge in [0.15, 0.2) is 0 Å². The van der Waals surface area contributed by atoms with Crippen LogP contribution in [0.2, 0.25) is 0 Å². The molecule has 17 heavy (non-hydrogen) atoms. The molecule has 0 fully saturated rings. The van der Waals surface area contributed by atoms with Gasteiger partial charge in [0.2, 0.25) is 0 Å². The molecule has 2 unspecified atom stereocenters. The predicted molar refractivity (Wildman–Crippen MR) is 48.8 cm³/mol. The van der Waals surface area contributed by atoms with E-state index in [4.69, 9.17) is 0 Å². The molecule has 0 aromatic carbocycles. The molecular formula is C8H13F6N2Zn-3. The van der Waals surface area contributed by atoms with Gasteiger partial charge in [-0.3, -0.25) is 0 Å². The van der Waals surface area contributed by atoms with Crippen LogP contribution in [0.5, 0.6) is 0 Å². The summed E-state index contributed by atoms with van der Waals surface area (Å²) in [5.74, 6) is 0. The van der Waals surface area contributed by atoms with Crippen molar-refractivity contribution in [3.63, 3.8) is 0 Å². The van der Waals surface area contributed by atoms with Crippen molar-refractivity contribution in [1.82, 2.24) is 0 Å². The van der Waals surface area contributed by atoms with Crippen molar-refractivity contribution in [3.8, 4) is 0 Å². The monoisotopic (exact) mass is 315 g/mol. The summed E-state index contributed by atoms with van der Waals surface area (Å²) in [6.45, 7) is 2.19. The minimum atomic E-state index is -4.71. The van der Waals surface area contributed by atoms with Crippen molar-refractivity contribution in [2.75, 3.05) is 0 Å². The number of hydrogen-bond acceptors (Lipinski definition) is 0.